The fraction of sp³-hybridized carbons (Fsp3) is 0.875. The normalized spacial score (nSPS) is 18.4. The van der Waals surface area contributed by atoms with Crippen molar-refractivity contribution in [3.8, 4) is 0 Å². The molecule has 3 nitrogen and oxygen atoms in total. The van der Waals surface area contributed by atoms with Crippen LogP contribution in [0, 0.1) is 5.92 Å². The highest BCUT2D eigenvalue weighted by molar-refractivity contribution is 5.76. The number of ether oxygens (including phenoxy) is 1. The summed E-state index contributed by atoms with van der Waals surface area (Å²) in [6.07, 6.45) is 2.38. The summed E-state index contributed by atoms with van der Waals surface area (Å²) in [5.41, 5.74) is -1.01. The van der Waals surface area contributed by atoms with Crippen LogP contribution in [0.3, 0.4) is 0 Å². The first-order chi connectivity index (χ1) is 5.02. The zero-order valence-electron chi connectivity index (χ0n) is 6.96. The lowest BCUT2D eigenvalue weighted by atomic mass is 10.1. The molecule has 0 atom stereocenters. The minimum atomic E-state index is -1.01. The highest BCUT2D eigenvalue weighted by Crippen LogP contribution is 2.30. The molecule has 1 rings (SSSR count). The Kier molecular flexibility index (Phi) is 2.18. The molecule has 0 aromatic rings. The Balaban J connectivity index is 2.26. The summed E-state index contributed by atoms with van der Waals surface area (Å²) in [4.78, 5) is 10.5. The topological polar surface area (TPSA) is 46.5 Å². The average Bonchev–Trinajstić information content (AvgIpc) is 2.65. The van der Waals surface area contributed by atoms with Crippen molar-refractivity contribution in [1.29, 1.82) is 0 Å². The number of aliphatic carboxylic acids is 1. The quantitative estimate of drug-likeness (QED) is 0.670. The molecule has 0 aromatic heterocycles. The molecule has 0 aromatic carbocycles. The van der Waals surface area contributed by atoms with Crippen molar-refractivity contribution in [2.24, 2.45) is 5.92 Å². The monoisotopic (exact) mass is 158 g/mol. The molecular weight excluding hydrogens is 144 g/mol. The van der Waals surface area contributed by atoms with Gasteiger partial charge in [-0.05, 0) is 32.6 Å². The van der Waals surface area contributed by atoms with E-state index in [1.165, 1.54) is 12.8 Å². The molecule has 1 aliphatic rings. The first-order valence-corrected chi connectivity index (χ1v) is 3.90. The van der Waals surface area contributed by atoms with Crippen LogP contribution in [0.5, 0.6) is 0 Å². The lowest BCUT2D eigenvalue weighted by Crippen LogP contribution is -2.35. The summed E-state index contributed by atoms with van der Waals surface area (Å²) in [6, 6.07) is 0. The van der Waals surface area contributed by atoms with Gasteiger partial charge in [0.05, 0.1) is 6.61 Å². The number of carboxylic acids is 1. The van der Waals surface area contributed by atoms with Gasteiger partial charge in [-0.2, -0.15) is 0 Å². The van der Waals surface area contributed by atoms with E-state index in [2.05, 4.69) is 0 Å². The van der Waals surface area contributed by atoms with E-state index in [4.69, 9.17) is 9.84 Å². The average molecular weight is 158 g/mol. The first-order valence-electron chi connectivity index (χ1n) is 3.90. The molecule has 0 amide bonds. The Labute approximate surface area is 66.4 Å². The number of hydrogen-bond acceptors (Lipinski definition) is 2. The molecule has 0 heterocycles. The molecule has 1 saturated carbocycles. The smallest absolute Gasteiger partial charge is 0.335 e. The van der Waals surface area contributed by atoms with Gasteiger partial charge < -0.3 is 9.84 Å². The third kappa shape index (κ3) is 2.50. The van der Waals surface area contributed by atoms with Gasteiger partial charge in [0.2, 0.25) is 0 Å². The Bertz CT molecular complexity index is 159. The van der Waals surface area contributed by atoms with Gasteiger partial charge >= 0.3 is 5.97 Å². The molecular formula is C8H14O3. The molecule has 0 unspecified atom stereocenters. The minimum Gasteiger partial charge on any atom is -0.479 e. The second kappa shape index (κ2) is 2.81. The van der Waals surface area contributed by atoms with Crippen molar-refractivity contribution in [1.82, 2.24) is 0 Å². The second-order valence-corrected chi connectivity index (χ2v) is 3.57. The van der Waals surface area contributed by atoms with Crippen molar-refractivity contribution in [2.45, 2.75) is 32.3 Å². The van der Waals surface area contributed by atoms with Gasteiger partial charge in [0.15, 0.2) is 5.60 Å². The van der Waals surface area contributed by atoms with Gasteiger partial charge in [-0.1, -0.05) is 0 Å². The molecule has 64 valence electrons. The van der Waals surface area contributed by atoms with Gasteiger partial charge in [0.1, 0.15) is 0 Å². The van der Waals surface area contributed by atoms with E-state index in [1.54, 1.807) is 13.8 Å². The van der Waals surface area contributed by atoms with Crippen LogP contribution < -0.4 is 0 Å². The predicted molar refractivity (Wildman–Crippen MR) is 40.4 cm³/mol. The molecule has 3 heteroatoms. The van der Waals surface area contributed by atoms with Crippen LogP contribution in [-0.2, 0) is 9.53 Å². The van der Waals surface area contributed by atoms with Crippen LogP contribution >= 0.6 is 0 Å². The van der Waals surface area contributed by atoms with Gasteiger partial charge in [0, 0.05) is 0 Å². The zero-order valence-corrected chi connectivity index (χ0v) is 6.96. The van der Waals surface area contributed by atoms with Crippen molar-refractivity contribution >= 4 is 5.97 Å². The van der Waals surface area contributed by atoms with Crippen LogP contribution in [0.25, 0.3) is 0 Å². The maximum absolute atomic E-state index is 10.5. The van der Waals surface area contributed by atoms with E-state index in [0.29, 0.717) is 12.5 Å². The summed E-state index contributed by atoms with van der Waals surface area (Å²) in [6.45, 7) is 3.76. The number of hydrogen-bond donors (Lipinski definition) is 1. The van der Waals surface area contributed by atoms with Gasteiger partial charge in [-0.3, -0.25) is 0 Å². The molecule has 1 fully saturated rings. The standard InChI is InChI=1S/C8H14O3/c1-8(2,7(9)10)11-5-6-3-4-6/h6H,3-5H2,1-2H3,(H,9,10). The molecule has 1 N–H and O–H groups in total. The van der Waals surface area contributed by atoms with Crippen molar-refractivity contribution in [3.05, 3.63) is 0 Å². The molecule has 0 bridgehead atoms. The molecule has 11 heavy (non-hydrogen) atoms. The highest BCUT2D eigenvalue weighted by atomic mass is 16.5. The van der Waals surface area contributed by atoms with E-state index in [0.717, 1.165) is 0 Å². The molecule has 1 aliphatic carbocycles. The summed E-state index contributed by atoms with van der Waals surface area (Å²) >= 11 is 0. The molecule has 0 radical (unpaired) electrons. The SMILES string of the molecule is CC(C)(OCC1CC1)C(=O)O. The first kappa shape index (κ1) is 8.53. The maximum atomic E-state index is 10.5. The third-order valence-corrected chi connectivity index (χ3v) is 1.89. The largest absolute Gasteiger partial charge is 0.479 e. The van der Waals surface area contributed by atoms with Crippen molar-refractivity contribution < 1.29 is 14.6 Å². The number of carbonyl (C=O) groups is 1. The third-order valence-electron chi connectivity index (χ3n) is 1.89. The van der Waals surface area contributed by atoms with Crippen LogP contribution in [0.2, 0.25) is 0 Å². The summed E-state index contributed by atoms with van der Waals surface area (Å²) in [5.74, 6) is -0.272. The highest BCUT2D eigenvalue weighted by Gasteiger charge is 2.31. The van der Waals surface area contributed by atoms with Crippen LogP contribution in [-0.4, -0.2) is 23.3 Å². The van der Waals surface area contributed by atoms with E-state index < -0.39 is 11.6 Å². The lowest BCUT2D eigenvalue weighted by molar-refractivity contribution is -0.161. The lowest BCUT2D eigenvalue weighted by Gasteiger charge is -2.19. The maximum Gasteiger partial charge on any atom is 0.335 e. The summed E-state index contributed by atoms with van der Waals surface area (Å²) in [7, 11) is 0. The van der Waals surface area contributed by atoms with Gasteiger partial charge in [-0.25, -0.2) is 4.79 Å². The fourth-order valence-electron chi connectivity index (χ4n) is 0.672. The van der Waals surface area contributed by atoms with Crippen LogP contribution in [0.4, 0.5) is 0 Å². The Morgan fingerprint density at radius 2 is 2.18 bits per heavy atom. The van der Waals surface area contributed by atoms with E-state index in [9.17, 15) is 4.79 Å². The minimum absolute atomic E-state index is 0.597. The number of carboxylic acid groups (broad SMARTS) is 1. The van der Waals surface area contributed by atoms with E-state index in [1.807, 2.05) is 0 Å². The van der Waals surface area contributed by atoms with Crippen LogP contribution in [0.15, 0.2) is 0 Å². The zero-order chi connectivity index (χ0) is 8.48. The van der Waals surface area contributed by atoms with Crippen LogP contribution in [0.1, 0.15) is 26.7 Å². The molecule has 0 saturated heterocycles. The van der Waals surface area contributed by atoms with Gasteiger partial charge in [0.25, 0.3) is 0 Å². The van der Waals surface area contributed by atoms with E-state index in [-0.39, 0.29) is 0 Å². The second-order valence-electron chi connectivity index (χ2n) is 3.57. The Morgan fingerprint density at radius 1 is 1.64 bits per heavy atom. The number of rotatable bonds is 4. The van der Waals surface area contributed by atoms with E-state index >= 15 is 0 Å². The Morgan fingerprint density at radius 3 is 2.55 bits per heavy atom. The fourth-order valence-corrected chi connectivity index (χ4v) is 0.672. The molecule has 0 aliphatic heterocycles. The predicted octanol–water partition coefficient (Wildman–Crippen LogP) is 1.28. The molecule has 0 spiro atoms. The van der Waals surface area contributed by atoms with Crippen molar-refractivity contribution in [2.75, 3.05) is 6.61 Å². The van der Waals surface area contributed by atoms with Crippen molar-refractivity contribution in [3.63, 3.8) is 0 Å². The van der Waals surface area contributed by atoms with Gasteiger partial charge in [-0.15, -0.1) is 0 Å². The summed E-state index contributed by atoms with van der Waals surface area (Å²) in [5, 5.41) is 8.65. The Hall–Kier alpha value is -0.570. The summed E-state index contributed by atoms with van der Waals surface area (Å²) < 4.78 is 5.22.